The third kappa shape index (κ3) is 5.37. The van der Waals surface area contributed by atoms with E-state index in [9.17, 15) is 24.3 Å². The summed E-state index contributed by atoms with van der Waals surface area (Å²) in [6, 6.07) is -1.06. The molecule has 1 aliphatic heterocycles. The fourth-order valence-electron chi connectivity index (χ4n) is 2.21. The Labute approximate surface area is 127 Å². The van der Waals surface area contributed by atoms with Crippen molar-refractivity contribution < 1.29 is 29.0 Å². The number of carbonyl (C=O) groups excluding carboxylic acids is 3. The van der Waals surface area contributed by atoms with E-state index in [0.717, 1.165) is 11.8 Å². The molecule has 1 aliphatic rings. The van der Waals surface area contributed by atoms with Crippen molar-refractivity contribution in [2.45, 2.75) is 44.4 Å². The van der Waals surface area contributed by atoms with Crippen molar-refractivity contribution >= 4 is 34.7 Å². The Balaban J connectivity index is 2.64. The minimum atomic E-state index is -1.15. The van der Waals surface area contributed by atoms with Gasteiger partial charge < -0.3 is 14.7 Å². The van der Waals surface area contributed by atoms with Gasteiger partial charge in [0, 0.05) is 31.6 Å². The molecule has 1 fully saturated rings. The molecule has 1 N–H and O–H groups in total. The lowest BCUT2D eigenvalue weighted by atomic mass is 10.1. The second kappa shape index (κ2) is 8.02. The van der Waals surface area contributed by atoms with Crippen LogP contribution < -0.4 is 0 Å². The van der Waals surface area contributed by atoms with Crippen LogP contribution in [-0.2, 0) is 23.9 Å². The number of carbonyl (C=O) groups is 4. The van der Waals surface area contributed by atoms with Gasteiger partial charge in [-0.05, 0) is 13.3 Å². The minimum Gasteiger partial charge on any atom is -0.480 e. The van der Waals surface area contributed by atoms with Gasteiger partial charge in [-0.2, -0.15) is 0 Å². The molecule has 118 valence electrons. The summed E-state index contributed by atoms with van der Waals surface area (Å²) in [5.74, 6) is -1.93. The number of amides is 1. The van der Waals surface area contributed by atoms with Gasteiger partial charge in [0.15, 0.2) is 5.12 Å². The van der Waals surface area contributed by atoms with Crippen molar-refractivity contribution in [3.63, 3.8) is 0 Å². The third-order valence-electron chi connectivity index (χ3n) is 3.04. The van der Waals surface area contributed by atoms with Gasteiger partial charge >= 0.3 is 11.9 Å². The number of likely N-dealkylation sites (tertiary alicyclic amines) is 1. The van der Waals surface area contributed by atoms with Crippen LogP contribution in [0.3, 0.4) is 0 Å². The predicted octanol–water partition coefficient (Wildman–Crippen LogP) is 0.663. The van der Waals surface area contributed by atoms with Gasteiger partial charge in [-0.3, -0.25) is 14.4 Å². The number of esters is 1. The molecule has 1 heterocycles. The topological polar surface area (TPSA) is 101 Å². The van der Waals surface area contributed by atoms with Crippen LogP contribution in [0.4, 0.5) is 0 Å². The van der Waals surface area contributed by atoms with E-state index in [0.29, 0.717) is 0 Å². The molecule has 1 rings (SSSR count). The van der Waals surface area contributed by atoms with Crippen molar-refractivity contribution in [3.05, 3.63) is 0 Å². The molecular formula is C13H19NO6S. The summed E-state index contributed by atoms with van der Waals surface area (Å²) < 4.78 is 4.75. The van der Waals surface area contributed by atoms with E-state index in [1.54, 1.807) is 6.92 Å². The molecule has 0 bridgehead atoms. The summed E-state index contributed by atoms with van der Waals surface area (Å²) in [5, 5.41) is 8.92. The largest absolute Gasteiger partial charge is 0.480 e. The Kier molecular flexibility index (Phi) is 6.67. The normalized spacial score (nSPS) is 19.4. The molecule has 1 saturated heterocycles. The Bertz CT molecular complexity index is 438. The number of hydrogen-bond acceptors (Lipinski definition) is 6. The Morgan fingerprint density at radius 2 is 2.14 bits per heavy atom. The highest BCUT2D eigenvalue weighted by molar-refractivity contribution is 8.14. The van der Waals surface area contributed by atoms with Gasteiger partial charge in [0.1, 0.15) is 6.04 Å². The van der Waals surface area contributed by atoms with Crippen molar-refractivity contribution in [1.29, 1.82) is 0 Å². The van der Waals surface area contributed by atoms with Crippen molar-refractivity contribution in [3.8, 4) is 0 Å². The number of hydrogen-bond donors (Lipinski definition) is 1. The highest BCUT2D eigenvalue weighted by atomic mass is 32.2. The lowest BCUT2D eigenvalue weighted by Gasteiger charge is -2.24. The SMILES string of the molecule is CCOC(=O)CC[C@@H](C(=O)O)N1CC(SC(C)=O)CC1=O. The molecule has 1 amide bonds. The maximum atomic E-state index is 11.9. The Morgan fingerprint density at radius 3 is 2.67 bits per heavy atom. The van der Waals surface area contributed by atoms with Crippen molar-refractivity contribution in [2.24, 2.45) is 0 Å². The lowest BCUT2D eigenvalue weighted by Crippen LogP contribution is -2.42. The fraction of sp³-hybridized carbons (Fsp3) is 0.692. The molecule has 0 radical (unpaired) electrons. The van der Waals surface area contributed by atoms with Crippen LogP contribution in [0.2, 0.25) is 0 Å². The zero-order valence-electron chi connectivity index (χ0n) is 12.0. The predicted molar refractivity (Wildman–Crippen MR) is 75.7 cm³/mol. The van der Waals surface area contributed by atoms with E-state index in [-0.39, 0.29) is 48.7 Å². The van der Waals surface area contributed by atoms with Crippen LogP contribution >= 0.6 is 11.8 Å². The zero-order chi connectivity index (χ0) is 16.0. The molecule has 7 nitrogen and oxygen atoms in total. The number of aliphatic carboxylic acids is 1. The van der Waals surface area contributed by atoms with Gasteiger partial charge in [0.2, 0.25) is 5.91 Å². The molecule has 21 heavy (non-hydrogen) atoms. The van der Waals surface area contributed by atoms with Crippen LogP contribution in [0.15, 0.2) is 0 Å². The molecule has 2 atom stereocenters. The van der Waals surface area contributed by atoms with Gasteiger partial charge in [-0.1, -0.05) is 11.8 Å². The van der Waals surface area contributed by atoms with E-state index in [1.807, 2.05) is 0 Å². The first-order valence-electron chi connectivity index (χ1n) is 6.70. The average molecular weight is 317 g/mol. The number of carboxylic acids is 1. The van der Waals surface area contributed by atoms with Gasteiger partial charge in [-0.25, -0.2) is 4.79 Å². The maximum absolute atomic E-state index is 11.9. The number of thioether (sulfide) groups is 1. The first kappa shape index (κ1) is 17.5. The van der Waals surface area contributed by atoms with Crippen LogP contribution in [-0.4, -0.2) is 57.4 Å². The minimum absolute atomic E-state index is 0.0113. The summed E-state index contributed by atoms with van der Waals surface area (Å²) in [4.78, 5) is 46.8. The average Bonchev–Trinajstić information content (AvgIpc) is 2.69. The summed E-state index contributed by atoms with van der Waals surface area (Å²) in [5.41, 5.74) is 0. The Hall–Kier alpha value is -1.57. The first-order chi connectivity index (χ1) is 9.85. The maximum Gasteiger partial charge on any atom is 0.326 e. The Morgan fingerprint density at radius 1 is 1.48 bits per heavy atom. The van der Waals surface area contributed by atoms with Crippen LogP contribution in [0.5, 0.6) is 0 Å². The number of nitrogens with zero attached hydrogens (tertiary/aromatic N) is 1. The van der Waals surface area contributed by atoms with E-state index in [4.69, 9.17) is 4.74 Å². The first-order valence-corrected chi connectivity index (χ1v) is 7.58. The highest BCUT2D eigenvalue weighted by Gasteiger charge is 2.38. The smallest absolute Gasteiger partial charge is 0.326 e. The summed E-state index contributed by atoms with van der Waals surface area (Å²) in [6.45, 7) is 3.52. The molecule has 1 unspecified atom stereocenters. The molecule has 0 aromatic heterocycles. The van der Waals surface area contributed by atoms with Gasteiger partial charge in [0.25, 0.3) is 0 Å². The zero-order valence-corrected chi connectivity index (χ0v) is 12.9. The number of rotatable bonds is 7. The van der Waals surface area contributed by atoms with Crippen molar-refractivity contribution in [2.75, 3.05) is 13.2 Å². The van der Waals surface area contributed by atoms with Crippen LogP contribution in [0.25, 0.3) is 0 Å². The lowest BCUT2D eigenvalue weighted by molar-refractivity contribution is -0.150. The third-order valence-corrected chi connectivity index (χ3v) is 4.03. The van der Waals surface area contributed by atoms with E-state index < -0.39 is 18.0 Å². The molecular weight excluding hydrogens is 298 g/mol. The molecule has 0 saturated carbocycles. The van der Waals surface area contributed by atoms with Gasteiger partial charge in [-0.15, -0.1) is 0 Å². The fourth-order valence-corrected chi connectivity index (χ4v) is 3.14. The highest BCUT2D eigenvalue weighted by Crippen LogP contribution is 2.27. The van der Waals surface area contributed by atoms with Crippen molar-refractivity contribution in [1.82, 2.24) is 4.90 Å². The second-order valence-corrected chi connectivity index (χ2v) is 6.16. The van der Waals surface area contributed by atoms with E-state index in [1.165, 1.54) is 11.8 Å². The quantitative estimate of drug-likeness (QED) is 0.688. The van der Waals surface area contributed by atoms with Crippen LogP contribution in [0, 0.1) is 0 Å². The number of ether oxygens (including phenoxy) is 1. The molecule has 0 aromatic carbocycles. The second-order valence-electron chi connectivity index (χ2n) is 4.68. The van der Waals surface area contributed by atoms with E-state index in [2.05, 4.69) is 0 Å². The van der Waals surface area contributed by atoms with Gasteiger partial charge in [0.05, 0.1) is 6.61 Å². The summed E-state index contributed by atoms with van der Waals surface area (Å²) in [7, 11) is 0. The standard InChI is InChI=1S/C13H19NO6S/c1-3-20-12(17)5-4-10(13(18)19)14-7-9(6-11(14)16)21-8(2)15/h9-10H,3-7H2,1-2H3,(H,18,19)/t9?,10-/m0/s1. The van der Waals surface area contributed by atoms with Crippen LogP contribution in [0.1, 0.15) is 33.1 Å². The monoisotopic (exact) mass is 317 g/mol. The summed E-state index contributed by atoms with van der Waals surface area (Å²) >= 11 is 1.05. The molecule has 0 aromatic rings. The molecule has 8 heteroatoms. The summed E-state index contributed by atoms with van der Waals surface area (Å²) in [6.07, 6.45) is 0.101. The molecule has 0 aliphatic carbocycles. The number of carboxylic acid groups (broad SMARTS) is 1. The van der Waals surface area contributed by atoms with E-state index >= 15 is 0 Å². The molecule has 0 spiro atoms.